The van der Waals surface area contributed by atoms with Crippen LogP contribution in [0.4, 0.5) is 16.2 Å². The van der Waals surface area contributed by atoms with E-state index in [0.717, 1.165) is 35.3 Å². The molecule has 2 aliphatic heterocycles. The highest BCUT2D eigenvalue weighted by Crippen LogP contribution is 2.39. The molecule has 0 unspecified atom stereocenters. The van der Waals surface area contributed by atoms with Gasteiger partial charge in [-0.15, -0.1) is 0 Å². The summed E-state index contributed by atoms with van der Waals surface area (Å²) in [4.78, 5) is 44.9. The molecule has 0 atom stereocenters. The third-order valence-electron chi connectivity index (χ3n) is 7.49. The zero-order chi connectivity index (χ0) is 25.7. The van der Waals surface area contributed by atoms with Gasteiger partial charge in [-0.05, 0) is 62.4 Å². The number of piperidine rings is 1. The lowest BCUT2D eigenvalue weighted by molar-refractivity contribution is -0.137. The molecule has 0 saturated carbocycles. The number of urea groups is 1. The number of likely N-dealkylation sites (tertiary alicyclic amines) is 1. The maximum absolute atomic E-state index is 13.8. The Balaban J connectivity index is 1.48. The van der Waals surface area contributed by atoms with Crippen molar-refractivity contribution in [3.8, 4) is 0 Å². The van der Waals surface area contributed by atoms with Crippen molar-refractivity contribution in [2.24, 2.45) is 0 Å². The summed E-state index contributed by atoms with van der Waals surface area (Å²) in [6.07, 6.45) is 2.94. The molecule has 0 aliphatic carbocycles. The fraction of sp³-hybridized carbons (Fsp3) is 0.464. The Morgan fingerprint density at radius 2 is 1.72 bits per heavy atom. The van der Waals surface area contributed by atoms with Gasteiger partial charge < -0.3 is 25.3 Å². The first-order chi connectivity index (χ1) is 17.4. The summed E-state index contributed by atoms with van der Waals surface area (Å²) in [5.74, 6) is -0.168. The van der Waals surface area contributed by atoms with Crippen LogP contribution < -0.4 is 15.5 Å². The second-order valence-electron chi connectivity index (χ2n) is 9.81. The van der Waals surface area contributed by atoms with Crippen molar-refractivity contribution >= 4 is 29.2 Å². The van der Waals surface area contributed by atoms with E-state index in [-0.39, 0.29) is 24.4 Å². The van der Waals surface area contributed by atoms with Crippen molar-refractivity contribution in [2.45, 2.75) is 52.0 Å². The topological polar surface area (TPSA) is 85.0 Å². The van der Waals surface area contributed by atoms with Crippen LogP contribution in [0.3, 0.4) is 0 Å². The van der Waals surface area contributed by atoms with E-state index in [0.29, 0.717) is 39.1 Å². The number of hydrogen-bond acceptors (Lipinski definition) is 4. The minimum Gasteiger partial charge on any atom is -0.355 e. The Morgan fingerprint density at radius 1 is 1.00 bits per heavy atom. The quantitative estimate of drug-likeness (QED) is 0.576. The number of rotatable bonds is 7. The zero-order valence-corrected chi connectivity index (χ0v) is 21.5. The number of aryl methyl sites for hydroxylation is 1. The Labute approximate surface area is 213 Å². The average molecular weight is 492 g/mol. The van der Waals surface area contributed by atoms with E-state index in [1.165, 1.54) is 0 Å². The number of carbonyl (C=O) groups is 3. The number of anilines is 2. The monoisotopic (exact) mass is 491 g/mol. The summed E-state index contributed by atoms with van der Waals surface area (Å²) in [6, 6.07) is 15.6. The van der Waals surface area contributed by atoms with E-state index >= 15 is 0 Å². The van der Waals surface area contributed by atoms with Gasteiger partial charge in [-0.25, -0.2) is 4.79 Å². The third-order valence-corrected chi connectivity index (χ3v) is 7.49. The molecular formula is C28H37N5O3. The van der Waals surface area contributed by atoms with Gasteiger partial charge in [0.05, 0.1) is 6.67 Å². The fourth-order valence-corrected chi connectivity index (χ4v) is 5.12. The summed E-state index contributed by atoms with van der Waals surface area (Å²) in [7, 11) is 0. The van der Waals surface area contributed by atoms with E-state index in [1.807, 2.05) is 62.4 Å². The number of carbonyl (C=O) groups excluding carboxylic acids is 3. The molecule has 2 fully saturated rings. The van der Waals surface area contributed by atoms with E-state index in [9.17, 15) is 14.4 Å². The molecule has 192 valence electrons. The maximum Gasteiger partial charge on any atom is 0.321 e. The molecule has 2 aromatic carbocycles. The number of hydrogen-bond donors (Lipinski definition) is 2. The number of nitrogens with one attached hydrogen (secondary N) is 2. The normalized spacial score (nSPS) is 17.0. The third kappa shape index (κ3) is 5.17. The molecule has 1 spiro atoms. The van der Waals surface area contributed by atoms with Gasteiger partial charge >= 0.3 is 6.03 Å². The van der Waals surface area contributed by atoms with Crippen molar-refractivity contribution < 1.29 is 14.4 Å². The van der Waals surface area contributed by atoms with Crippen LogP contribution in [0.1, 0.15) is 43.7 Å². The van der Waals surface area contributed by atoms with Crippen molar-refractivity contribution in [2.75, 3.05) is 43.1 Å². The first kappa shape index (κ1) is 25.5. The Bertz CT molecular complexity index is 1100. The van der Waals surface area contributed by atoms with E-state index in [2.05, 4.69) is 22.5 Å². The predicted octanol–water partition coefficient (Wildman–Crippen LogP) is 3.89. The molecule has 2 heterocycles. The Kier molecular flexibility index (Phi) is 7.82. The lowest BCUT2D eigenvalue weighted by atomic mass is 9.85. The molecule has 2 N–H and O–H groups in total. The molecule has 2 aliphatic rings. The molecule has 4 amide bonds. The van der Waals surface area contributed by atoms with Crippen LogP contribution >= 0.6 is 0 Å². The second-order valence-corrected chi connectivity index (χ2v) is 9.81. The highest BCUT2D eigenvalue weighted by molar-refractivity contribution is 5.97. The van der Waals surface area contributed by atoms with E-state index in [1.54, 1.807) is 9.80 Å². The number of nitrogens with zero attached hydrogens (tertiary/aromatic N) is 3. The highest BCUT2D eigenvalue weighted by atomic mass is 16.2. The lowest BCUT2D eigenvalue weighted by Crippen LogP contribution is -2.58. The SMILES string of the molecule is CCCCNC(=O)CN1CN(c2ccccc2)C2(CCN(C(=O)Nc3cccc(C)c3C)CC2)C1=O. The largest absolute Gasteiger partial charge is 0.355 e. The standard InChI is InChI=1S/C28H37N5O3/c1-4-5-16-29-25(34)19-32-20-33(23-11-7-6-8-12-23)28(26(32)35)14-17-31(18-15-28)27(36)30-24-13-9-10-21(2)22(24)3/h6-13H,4-5,14-20H2,1-3H3,(H,29,34)(H,30,36). The van der Waals surface area contributed by atoms with Crippen LogP contribution in [0.2, 0.25) is 0 Å². The molecule has 2 saturated heterocycles. The van der Waals surface area contributed by atoms with Crippen molar-refractivity contribution in [3.63, 3.8) is 0 Å². The summed E-state index contributed by atoms with van der Waals surface area (Å²) < 4.78 is 0. The van der Waals surface area contributed by atoms with E-state index < -0.39 is 5.54 Å². The smallest absolute Gasteiger partial charge is 0.321 e. The van der Waals surface area contributed by atoms with Crippen LogP contribution in [0.15, 0.2) is 48.5 Å². The van der Waals surface area contributed by atoms with E-state index in [4.69, 9.17) is 0 Å². The Morgan fingerprint density at radius 3 is 2.42 bits per heavy atom. The molecule has 2 aromatic rings. The minimum absolute atomic E-state index is 0.0356. The summed E-state index contributed by atoms with van der Waals surface area (Å²) in [5.41, 5.74) is 3.17. The van der Waals surface area contributed by atoms with Gasteiger partial charge in [0.2, 0.25) is 5.91 Å². The molecule has 4 rings (SSSR count). The molecule has 0 aromatic heterocycles. The summed E-state index contributed by atoms with van der Waals surface area (Å²) in [5, 5.41) is 5.96. The number of unbranched alkanes of at least 4 members (excludes halogenated alkanes) is 1. The fourth-order valence-electron chi connectivity index (χ4n) is 5.12. The van der Waals surface area contributed by atoms with Crippen LogP contribution in [0.25, 0.3) is 0 Å². The number of benzene rings is 2. The van der Waals surface area contributed by atoms with Gasteiger partial charge in [0, 0.05) is 31.0 Å². The van der Waals surface area contributed by atoms with Gasteiger partial charge in [0.15, 0.2) is 0 Å². The molecule has 0 radical (unpaired) electrons. The summed E-state index contributed by atoms with van der Waals surface area (Å²) >= 11 is 0. The van der Waals surface area contributed by atoms with Gasteiger partial charge in [0.1, 0.15) is 12.1 Å². The van der Waals surface area contributed by atoms with Gasteiger partial charge in [-0.1, -0.05) is 43.7 Å². The molecule has 8 heteroatoms. The lowest BCUT2D eigenvalue weighted by Gasteiger charge is -2.43. The van der Waals surface area contributed by atoms with Gasteiger partial charge in [0.25, 0.3) is 5.91 Å². The second kappa shape index (κ2) is 11.0. The maximum atomic E-state index is 13.8. The van der Waals surface area contributed by atoms with Gasteiger partial charge in [-0.3, -0.25) is 9.59 Å². The van der Waals surface area contributed by atoms with Crippen molar-refractivity contribution in [3.05, 3.63) is 59.7 Å². The van der Waals surface area contributed by atoms with Crippen molar-refractivity contribution in [1.82, 2.24) is 15.1 Å². The first-order valence-corrected chi connectivity index (χ1v) is 12.9. The molecule has 0 bridgehead atoms. The Hall–Kier alpha value is -3.55. The zero-order valence-electron chi connectivity index (χ0n) is 21.5. The number of para-hydroxylation sites is 1. The average Bonchev–Trinajstić information content (AvgIpc) is 3.14. The predicted molar refractivity (Wildman–Crippen MR) is 142 cm³/mol. The molecular weight excluding hydrogens is 454 g/mol. The van der Waals surface area contributed by atoms with Crippen LogP contribution in [0, 0.1) is 13.8 Å². The minimum atomic E-state index is -0.763. The van der Waals surface area contributed by atoms with Crippen LogP contribution in [-0.4, -0.2) is 66.0 Å². The van der Waals surface area contributed by atoms with Crippen LogP contribution in [0.5, 0.6) is 0 Å². The summed E-state index contributed by atoms with van der Waals surface area (Å²) in [6.45, 7) is 8.04. The molecule has 8 nitrogen and oxygen atoms in total. The van der Waals surface area contributed by atoms with Crippen LogP contribution in [-0.2, 0) is 9.59 Å². The van der Waals surface area contributed by atoms with Gasteiger partial charge in [-0.2, -0.15) is 0 Å². The van der Waals surface area contributed by atoms with Crippen molar-refractivity contribution in [1.29, 1.82) is 0 Å². The number of amides is 4. The molecule has 36 heavy (non-hydrogen) atoms. The first-order valence-electron chi connectivity index (χ1n) is 12.9. The highest BCUT2D eigenvalue weighted by Gasteiger charge is 2.54.